The molecule has 2 rings (SSSR count). The zero-order chi connectivity index (χ0) is 14.7. The SMILES string of the molecule is Cc1nn(C)c(C)c1CNC(=O)c1cc(NN)ccn1. The van der Waals surface area contributed by atoms with Gasteiger partial charge in [-0.3, -0.25) is 20.3 Å². The van der Waals surface area contributed by atoms with Crippen molar-refractivity contribution in [1.82, 2.24) is 20.1 Å². The van der Waals surface area contributed by atoms with Crippen LogP contribution in [0, 0.1) is 13.8 Å². The number of nitrogens with two attached hydrogens (primary N) is 1. The van der Waals surface area contributed by atoms with Crippen molar-refractivity contribution in [2.45, 2.75) is 20.4 Å². The van der Waals surface area contributed by atoms with Crippen LogP contribution < -0.4 is 16.6 Å². The number of carbonyl (C=O) groups excluding carboxylic acids is 1. The first-order chi connectivity index (χ1) is 9.52. The summed E-state index contributed by atoms with van der Waals surface area (Å²) in [5.41, 5.74) is 6.41. The molecule has 7 nitrogen and oxygen atoms in total. The quantitative estimate of drug-likeness (QED) is 0.561. The van der Waals surface area contributed by atoms with Gasteiger partial charge < -0.3 is 10.7 Å². The third kappa shape index (κ3) is 2.77. The van der Waals surface area contributed by atoms with Gasteiger partial charge in [0.05, 0.1) is 11.4 Å². The monoisotopic (exact) mass is 274 g/mol. The molecule has 0 unspecified atom stereocenters. The summed E-state index contributed by atoms with van der Waals surface area (Å²) in [6, 6.07) is 3.28. The van der Waals surface area contributed by atoms with Crippen LogP contribution in [0.15, 0.2) is 18.3 Å². The molecule has 0 saturated heterocycles. The van der Waals surface area contributed by atoms with E-state index < -0.39 is 0 Å². The molecule has 0 saturated carbocycles. The molecule has 20 heavy (non-hydrogen) atoms. The Hall–Kier alpha value is -2.41. The molecule has 1 amide bonds. The topological polar surface area (TPSA) is 97.9 Å². The lowest BCUT2D eigenvalue weighted by atomic mass is 10.2. The van der Waals surface area contributed by atoms with Gasteiger partial charge in [-0.15, -0.1) is 0 Å². The van der Waals surface area contributed by atoms with Gasteiger partial charge in [0.15, 0.2) is 0 Å². The van der Waals surface area contributed by atoms with E-state index in [1.54, 1.807) is 16.8 Å². The Morgan fingerprint density at radius 1 is 1.45 bits per heavy atom. The van der Waals surface area contributed by atoms with Crippen molar-refractivity contribution in [2.24, 2.45) is 12.9 Å². The molecule has 4 N–H and O–H groups in total. The van der Waals surface area contributed by atoms with Crippen LogP contribution in [0.25, 0.3) is 0 Å². The van der Waals surface area contributed by atoms with E-state index in [1.807, 2.05) is 20.9 Å². The van der Waals surface area contributed by atoms with E-state index in [4.69, 9.17) is 5.84 Å². The number of amides is 1. The standard InChI is InChI=1S/C13H18N6O/c1-8-11(9(2)19(3)18-8)7-16-13(20)12-6-10(17-14)4-5-15-12/h4-6H,7,14H2,1-3H3,(H,15,17)(H,16,20). The lowest BCUT2D eigenvalue weighted by Gasteiger charge is -2.06. The van der Waals surface area contributed by atoms with Gasteiger partial charge in [-0.25, -0.2) is 0 Å². The number of rotatable bonds is 4. The van der Waals surface area contributed by atoms with Crippen molar-refractivity contribution in [3.8, 4) is 0 Å². The summed E-state index contributed by atoms with van der Waals surface area (Å²) >= 11 is 0. The highest BCUT2D eigenvalue weighted by Crippen LogP contribution is 2.12. The molecule has 0 radical (unpaired) electrons. The fraction of sp³-hybridized carbons (Fsp3) is 0.308. The Morgan fingerprint density at radius 3 is 2.80 bits per heavy atom. The van der Waals surface area contributed by atoms with E-state index in [2.05, 4.69) is 20.8 Å². The molecular weight excluding hydrogens is 256 g/mol. The molecule has 7 heteroatoms. The number of hydrazine groups is 1. The zero-order valence-electron chi connectivity index (χ0n) is 11.8. The summed E-state index contributed by atoms with van der Waals surface area (Å²) in [6.45, 7) is 4.32. The van der Waals surface area contributed by atoms with Crippen LogP contribution in [0.1, 0.15) is 27.4 Å². The van der Waals surface area contributed by atoms with Gasteiger partial charge in [0.1, 0.15) is 5.69 Å². The van der Waals surface area contributed by atoms with E-state index in [9.17, 15) is 4.79 Å². The van der Waals surface area contributed by atoms with Crippen molar-refractivity contribution in [1.29, 1.82) is 0 Å². The molecular formula is C13H18N6O. The minimum atomic E-state index is -0.246. The van der Waals surface area contributed by atoms with Crippen LogP contribution in [0.2, 0.25) is 0 Å². The molecule has 2 heterocycles. The first-order valence-corrected chi connectivity index (χ1v) is 6.23. The lowest BCUT2D eigenvalue weighted by Crippen LogP contribution is -2.24. The minimum Gasteiger partial charge on any atom is -0.346 e. The Kier molecular flexibility index (Phi) is 3.99. The smallest absolute Gasteiger partial charge is 0.270 e. The van der Waals surface area contributed by atoms with Crippen LogP contribution in [-0.4, -0.2) is 20.7 Å². The molecule has 0 aliphatic carbocycles. The number of anilines is 1. The van der Waals surface area contributed by atoms with E-state index >= 15 is 0 Å². The largest absolute Gasteiger partial charge is 0.346 e. The van der Waals surface area contributed by atoms with Crippen molar-refractivity contribution in [3.63, 3.8) is 0 Å². The highest BCUT2D eigenvalue weighted by molar-refractivity contribution is 5.93. The number of nitrogen functional groups attached to an aromatic ring is 1. The average molecular weight is 274 g/mol. The van der Waals surface area contributed by atoms with Gasteiger partial charge in [-0.1, -0.05) is 0 Å². The first kappa shape index (κ1) is 14.0. The van der Waals surface area contributed by atoms with Crippen molar-refractivity contribution < 1.29 is 4.79 Å². The number of aryl methyl sites for hydroxylation is 2. The summed E-state index contributed by atoms with van der Waals surface area (Å²) in [4.78, 5) is 16.1. The molecule has 2 aromatic rings. The summed E-state index contributed by atoms with van der Waals surface area (Å²) < 4.78 is 1.80. The predicted molar refractivity (Wildman–Crippen MR) is 75.9 cm³/mol. The fourth-order valence-corrected chi connectivity index (χ4v) is 1.98. The van der Waals surface area contributed by atoms with Crippen LogP contribution in [-0.2, 0) is 13.6 Å². The third-order valence-corrected chi connectivity index (χ3v) is 3.24. The maximum Gasteiger partial charge on any atom is 0.270 e. The fourth-order valence-electron chi connectivity index (χ4n) is 1.98. The number of hydrogen-bond donors (Lipinski definition) is 3. The number of pyridine rings is 1. The normalized spacial score (nSPS) is 10.4. The zero-order valence-corrected chi connectivity index (χ0v) is 11.8. The minimum absolute atomic E-state index is 0.246. The van der Waals surface area contributed by atoms with Gasteiger partial charge in [-0.05, 0) is 26.0 Å². The Morgan fingerprint density at radius 2 is 2.20 bits per heavy atom. The van der Waals surface area contributed by atoms with E-state index in [0.717, 1.165) is 17.0 Å². The molecule has 0 aromatic carbocycles. The van der Waals surface area contributed by atoms with Crippen LogP contribution in [0.4, 0.5) is 5.69 Å². The highest BCUT2D eigenvalue weighted by Gasteiger charge is 2.12. The van der Waals surface area contributed by atoms with Gasteiger partial charge >= 0.3 is 0 Å². The molecule has 0 bridgehead atoms. The third-order valence-electron chi connectivity index (χ3n) is 3.24. The molecule has 0 spiro atoms. The summed E-state index contributed by atoms with van der Waals surface area (Å²) in [5.74, 6) is 5.06. The Balaban J connectivity index is 2.08. The maximum absolute atomic E-state index is 12.0. The summed E-state index contributed by atoms with van der Waals surface area (Å²) in [7, 11) is 1.88. The van der Waals surface area contributed by atoms with Crippen LogP contribution in [0.3, 0.4) is 0 Å². The molecule has 0 atom stereocenters. The number of nitrogens with zero attached hydrogens (tertiary/aromatic N) is 3. The molecule has 0 aliphatic heterocycles. The number of carbonyl (C=O) groups is 1. The van der Waals surface area contributed by atoms with Crippen molar-refractivity contribution in [3.05, 3.63) is 41.0 Å². The predicted octanol–water partition coefficient (Wildman–Crippen LogP) is 0.648. The van der Waals surface area contributed by atoms with E-state index in [-0.39, 0.29) is 5.91 Å². The van der Waals surface area contributed by atoms with Gasteiger partial charge in [0.25, 0.3) is 5.91 Å². The molecule has 0 aliphatic rings. The second-order valence-corrected chi connectivity index (χ2v) is 4.53. The van der Waals surface area contributed by atoms with Gasteiger partial charge in [0.2, 0.25) is 0 Å². The van der Waals surface area contributed by atoms with Gasteiger partial charge in [-0.2, -0.15) is 5.10 Å². The summed E-state index contributed by atoms with van der Waals surface area (Å²) in [6.07, 6.45) is 1.53. The molecule has 2 aromatic heterocycles. The van der Waals surface area contributed by atoms with E-state index in [0.29, 0.717) is 17.9 Å². The Bertz CT molecular complexity index is 634. The molecule has 0 fully saturated rings. The second-order valence-electron chi connectivity index (χ2n) is 4.53. The van der Waals surface area contributed by atoms with E-state index in [1.165, 1.54) is 6.20 Å². The van der Waals surface area contributed by atoms with Gasteiger partial charge in [0, 0.05) is 31.0 Å². The van der Waals surface area contributed by atoms with Crippen LogP contribution in [0.5, 0.6) is 0 Å². The van der Waals surface area contributed by atoms with Crippen molar-refractivity contribution >= 4 is 11.6 Å². The lowest BCUT2D eigenvalue weighted by molar-refractivity contribution is 0.0946. The molecule has 106 valence electrons. The second kappa shape index (κ2) is 5.70. The Labute approximate surface area is 117 Å². The van der Waals surface area contributed by atoms with Crippen molar-refractivity contribution in [2.75, 3.05) is 5.43 Å². The summed E-state index contributed by atoms with van der Waals surface area (Å²) in [5, 5.41) is 7.15. The number of nitrogens with one attached hydrogen (secondary N) is 2. The average Bonchev–Trinajstić information content (AvgIpc) is 2.70. The van der Waals surface area contributed by atoms with Crippen LogP contribution >= 0.6 is 0 Å². The first-order valence-electron chi connectivity index (χ1n) is 6.23. The highest BCUT2D eigenvalue weighted by atomic mass is 16.1. The maximum atomic E-state index is 12.0. The number of hydrogen-bond acceptors (Lipinski definition) is 5. The number of aromatic nitrogens is 3.